The maximum Gasteiger partial charge on any atom is 0.165 e. The zero-order valence-corrected chi connectivity index (χ0v) is 32.4. The van der Waals surface area contributed by atoms with E-state index in [2.05, 4.69) is 172 Å². The summed E-state index contributed by atoms with van der Waals surface area (Å²) in [5.41, 5.74) is 14.8. The summed E-state index contributed by atoms with van der Waals surface area (Å²) in [4.78, 5) is 16.2. The quantitative estimate of drug-likeness (QED) is 0.180. The molecule has 0 amide bonds. The molecule has 2 aromatic heterocycles. The van der Waals surface area contributed by atoms with Crippen LogP contribution in [0.1, 0.15) is 60.4 Å². The second-order valence-corrected chi connectivity index (χ2v) is 17.0. The summed E-state index contributed by atoms with van der Waals surface area (Å²) in [7, 11) is 0. The number of rotatable bonds is 4. The van der Waals surface area contributed by atoms with Crippen LogP contribution in [0.5, 0.6) is 0 Å². The molecule has 3 nitrogen and oxygen atoms in total. The lowest BCUT2D eigenvalue weighted by Crippen LogP contribution is -2.17. The van der Waals surface area contributed by atoms with E-state index in [-0.39, 0.29) is 11.3 Å². The number of hydrogen-bond donors (Lipinski definition) is 0. The normalized spacial score (nSPS) is 16.6. The molecule has 0 radical (unpaired) electrons. The zero-order chi connectivity index (χ0) is 37.5. The minimum atomic E-state index is -0.219. The molecule has 0 N–H and O–H groups in total. The zero-order valence-electron chi connectivity index (χ0n) is 31.6. The minimum Gasteiger partial charge on any atom is -0.208 e. The van der Waals surface area contributed by atoms with Crippen molar-refractivity contribution in [2.45, 2.75) is 44.4 Å². The van der Waals surface area contributed by atoms with Gasteiger partial charge in [-0.1, -0.05) is 160 Å². The molecule has 0 saturated heterocycles. The molecule has 4 heteroatoms. The second kappa shape index (κ2) is 12.7. The molecular formula is C52H39N3S. The second-order valence-electron chi connectivity index (χ2n) is 16.0. The van der Waals surface area contributed by atoms with Crippen LogP contribution >= 0.6 is 11.3 Å². The molecule has 7 aromatic carbocycles. The van der Waals surface area contributed by atoms with Crippen LogP contribution in [0.25, 0.3) is 76.6 Å². The Bertz CT molecular complexity index is 3010. The van der Waals surface area contributed by atoms with Crippen molar-refractivity contribution in [2.24, 2.45) is 0 Å². The molecule has 2 aliphatic carbocycles. The molecule has 11 rings (SSSR count). The van der Waals surface area contributed by atoms with Crippen molar-refractivity contribution in [1.82, 2.24) is 15.0 Å². The van der Waals surface area contributed by atoms with E-state index in [1.807, 2.05) is 17.4 Å². The first-order valence-corrected chi connectivity index (χ1v) is 20.4. The van der Waals surface area contributed by atoms with E-state index in [1.165, 1.54) is 70.2 Å². The van der Waals surface area contributed by atoms with Crippen molar-refractivity contribution in [3.63, 3.8) is 0 Å². The third-order valence-electron chi connectivity index (χ3n) is 12.5. The van der Waals surface area contributed by atoms with Gasteiger partial charge >= 0.3 is 0 Å². The van der Waals surface area contributed by atoms with E-state index >= 15 is 0 Å². The Morgan fingerprint density at radius 3 is 2.04 bits per heavy atom. The maximum atomic E-state index is 5.51. The van der Waals surface area contributed by atoms with Gasteiger partial charge in [-0.05, 0) is 86.5 Å². The van der Waals surface area contributed by atoms with Gasteiger partial charge in [0.25, 0.3) is 0 Å². The van der Waals surface area contributed by atoms with E-state index in [4.69, 9.17) is 15.0 Å². The van der Waals surface area contributed by atoms with E-state index in [1.54, 1.807) is 0 Å². The van der Waals surface area contributed by atoms with Gasteiger partial charge in [0.2, 0.25) is 0 Å². The van der Waals surface area contributed by atoms with Gasteiger partial charge < -0.3 is 0 Å². The molecule has 0 bridgehead atoms. The number of benzene rings is 7. The van der Waals surface area contributed by atoms with Crippen LogP contribution in [0.4, 0.5) is 0 Å². The first-order valence-electron chi connectivity index (χ1n) is 19.6. The van der Waals surface area contributed by atoms with Crippen LogP contribution in [-0.4, -0.2) is 15.0 Å². The van der Waals surface area contributed by atoms with Gasteiger partial charge in [-0.2, -0.15) is 0 Å². The van der Waals surface area contributed by atoms with Crippen molar-refractivity contribution in [2.75, 3.05) is 0 Å². The Morgan fingerprint density at radius 2 is 1.18 bits per heavy atom. The molecule has 0 saturated carbocycles. The number of fused-ring (bicyclic) bond motifs is 9. The van der Waals surface area contributed by atoms with Crippen LogP contribution in [0.2, 0.25) is 0 Å². The molecule has 268 valence electrons. The van der Waals surface area contributed by atoms with Gasteiger partial charge in [0.15, 0.2) is 17.5 Å². The summed E-state index contributed by atoms with van der Waals surface area (Å²) in [6, 6.07) is 57.5. The third-order valence-corrected chi connectivity index (χ3v) is 13.7. The summed E-state index contributed by atoms with van der Waals surface area (Å²) in [6.07, 6.45) is 0.947. The number of nitrogens with zero attached hydrogens (tertiary/aromatic N) is 3. The molecule has 0 fully saturated rings. The van der Waals surface area contributed by atoms with Crippen LogP contribution in [0.15, 0.2) is 158 Å². The molecule has 2 aliphatic rings. The van der Waals surface area contributed by atoms with Crippen molar-refractivity contribution < 1.29 is 0 Å². The van der Waals surface area contributed by atoms with Crippen LogP contribution in [-0.2, 0) is 11.8 Å². The lowest BCUT2D eigenvalue weighted by molar-refractivity contribution is 0.580. The first-order chi connectivity index (χ1) is 27.4. The Balaban J connectivity index is 1.18. The maximum absolute atomic E-state index is 5.51. The highest BCUT2D eigenvalue weighted by Gasteiger charge is 2.38. The Morgan fingerprint density at radius 1 is 0.536 bits per heavy atom. The molecular weight excluding hydrogens is 699 g/mol. The topological polar surface area (TPSA) is 38.7 Å². The molecule has 0 spiro atoms. The van der Waals surface area contributed by atoms with Crippen LogP contribution in [0, 0.1) is 0 Å². The lowest BCUT2D eigenvalue weighted by atomic mass is 9.79. The molecule has 0 aliphatic heterocycles. The lowest BCUT2D eigenvalue weighted by Gasteiger charge is -2.25. The molecule has 2 atom stereocenters. The van der Waals surface area contributed by atoms with E-state index in [0.29, 0.717) is 23.4 Å². The van der Waals surface area contributed by atoms with E-state index in [0.717, 1.165) is 23.1 Å². The van der Waals surface area contributed by atoms with Gasteiger partial charge in [-0.15, -0.1) is 11.3 Å². The van der Waals surface area contributed by atoms with Crippen LogP contribution in [0.3, 0.4) is 0 Å². The number of aromatic nitrogens is 3. The fraction of sp³-hybridized carbons (Fsp3) is 0.135. The largest absolute Gasteiger partial charge is 0.208 e. The highest BCUT2D eigenvalue weighted by atomic mass is 32.1. The smallest absolute Gasteiger partial charge is 0.165 e. The number of hydrogen-bond acceptors (Lipinski definition) is 4. The predicted molar refractivity (Wildman–Crippen MR) is 233 cm³/mol. The summed E-state index contributed by atoms with van der Waals surface area (Å²) in [5.74, 6) is 2.63. The Hall–Kier alpha value is -6.23. The third kappa shape index (κ3) is 5.06. The van der Waals surface area contributed by atoms with E-state index in [9.17, 15) is 0 Å². The molecule has 56 heavy (non-hydrogen) atoms. The van der Waals surface area contributed by atoms with Crippen molar-refractivity contribution in [1.29, 1.82) is 0 Å². The summed E-state index contributed by atoms with van der Waals surface area (Å²) < 4.78 is 2.47. The SMILES string of the molecule is C[C@@H]1c2ccccc2-c2ccccc2CC1c1cc(-c2nc(-c3ccccc3)nc(-c3cccc4c3C(C)(C)c3ccccc3-4)n2)c2sc3ccccc3c2c1. The molecule has 2 heterocycles. The fourth-order valence-corrected chi connectivity index (χ4v) is 10.9. The minimum absolute atomic E-state index is 0.219. The highest BCUT2D eigenvalue weighted by Crippen LogP contribution is 2.52. The Labute approximate surface area is 331 Å². The highest BCUT2D eigenvalue weighted by molar-refractivity contribution is 7.26. The molecule has 9 aromatic rings. The monoisotopic (exact) mass is 737 g/mol. The van der Waals surface area contributed by atoms with Crippen molar-refractivity contribution in [3.8, 4) is 56.4 Å². The van der Waals surface area contributed by atoms with Crippen molar-refractivity contribution in [3.05, 3.63) is 186 Å². The standard InChI is InChI=1S/C52H39N3S/c1-31-35-19-9-10-21-37(35)36-20-8-7-18-33(36)28-42(31)34-29-43-39-23-12-14-27-46(39)56-48(43)44(30-34)51-54-49(32-16-5-4-6-17-32)53-50(55-51)41-25-15-24-40-38-22-11-13-26-45(38)52(2,3)47(40)41/h4-27,29-31,42H,28H2,1-3H3/t31-,42?/m1/s1. The summed E-state index contributed by atoms with van der Waals surface area (Å²) in [6.45, 7) is 7.07. The van der Waals surface area contributed by atoms with Crippen molar-refractivity contribution >= 4 is 31.5 Å². The molecule has 1 unspecified atom stereocenters. The Kier molecular flexibility index (Phi) is 7.49. The van der Waals surface area contributed by atoms with E-state index < -0.39 is 0 Å². The summed E-state index contributed by atoms with van der Waals surface area (Å²) in [5, 5.41) is 2.53. The number of thiophene rings is 1. The van der Waals surface area contributed by atoms with Crippen LogP contribution < -0.4 is 0 Å². The average Bonchev–Trinajstić information content (AvgIpc) is 3.70. The van der Waals surface area contributed by atoms with Gasteiger partial charge in [0.1, 0.15) is 0 Å². The summed E-state index contributed by atoms with van der Waals surface area (Å²) >= 11 is 1.83. The predicted octanol–water partition coefficient (Wildman–Crippen LogP) is 13.7. The van der Waals surface area contributed by atoms with Gasteiger partial charge in [-0.3, -0.25) is 0 Å². The van der Waals surface area contributed by atoms with Gasteiger partial charge in [0.05, 0.1) is 0 Å². The first kappa shape index (κ1) is 33.1. The average molecular weight is 738 g/mol. The van der Waals surface area contributed by atoms with Gasteiger partial charge in [-0.25, -0.2) is 15.0 Å². The van der Waals surface area contributed by atoms with Gasteiger partial charge in [0, 0.05) is 42.3 Å². The fourth-order valence-electron chi connectivity index (χ4n) is 9.73.